The predicted molar refractivity (Wildman–Crippen MR) is 73.8 cm³/mol. The lowest BCUT2D eigenvalue weighted by molar-refractivity contribution is -0.146. The number of nitrogens with zero attached hydrogens (tertiary/aromatic N) is 1. The molecular formula is C15H20FNO3. The highest BCUT2D eigenvalue weighted by molar-refractivity contribution is 5.81. The zero-order valence-corrected chi connectivity index (χ0v) is 11.8. The van der Waals surface area contributed by atoms with Crippen LogP contribution in [0.3, 0.4) is 0 Å². The minimum atomic E-state index is -1.01. The van der Waals surface area contributed by atoms with Crippen LogP contribution >= 0.6 is 0 Å². The van der Waals surface area contributed by atoms with E-state index in [9.17, 15) is 14.0 Å². The van der Waals surface area contributed by atoms with Gasteiger partial charge in [0.1, 0.15) is 12.4 Å². The van der Waals surface area contributed by atoms with Gasteiger partial charge in [-0.2, -0.15) is 0 Å². The Hall–Kier alpha value is -1.91. The molecule has 0 aliphatic carbocycles. The summed E-state index contributed by atoms with van der Waals surface area (Å²) in [4.78, 5) is 24.3. The van der Waals surface area contributed by atoms with E-state index in [-0.39, 0.29) is 30.7 Å². The number of aryl methyl sites for hydroxylation is 1. The third-order valence-electron chi connectivity index (χ3n) is 3.29. The maximum absolute atomic E-state index is 12.8. The quantitative estimate of drug-likeness (QED) is 0.835. The molecule has 0 bridgehead atoms. The fourth-order valence-corrected chi connectivity index (χ4v) is 1.90. The second-order valence-corrected chi connectivity index (χ2v) is 4.80. The molecule has 1 N–H and O–H groups in total. The van der Waals surface area contributed by atoms with Gasteiger partial charge in [0.05, 0.1) is 0 Å². The first-order valence-corrected chi connectivity index (χ1v) is 6.69. The number of amides is 1. The molecule has 0 heterocycles. The Morgan fingerprint density at radius 3 is 2.40 bits per heavy atom. The molecule has 0 fully saturated rings. The summed E-state index contributed by atoms with van der Waals surface area (Å²) >= 11 is 0. The van der Waals surface area contributed by atoms with Crippen molar-refractivity contribution in [3.8, 4) is 0 Å². The van der Waals surface area contributed by atoms with E-state index in [4.69, 9.17) is 5.11 Å². The summed E-state index contributed by atoms with van der Waals surface area (Å²) in [7, 11) is 0. The molecule has 1 atom stereocenters. The van der Waals surface area contributed by atoms with Crippen LogP contribution in [0.1, 0.15) is 32.3 Å². The van der Waals surface area contributed by atoms with Gasteiger partial charge in [0, 0.05) is 12.5 Å². The van der Waals surface area contributed by atoms with Crippen molar-refractivity contribution in [2.75, 3.05) is 6.54 Å². The van der Waals surface area contributed by atoms with Crippen molar-refractivity contribution in [3.05, 3.63) is 35.6 Å². The summed E-state index contributed by atoms with van der Waals surface area (Å²) in [6, 6.07) is 5.86. The van der Waals surface area contributed by atoms with Gasteiger partial charge in [0.2, 0.25) is 5.91 Å². The van der Waals surface area contributed by atoms with Crippen LogP contribution in [0.15, 0.2) is 24.3 Å². The van der Waals surface area contributed by atoms with E-state index >= 15 is 0 Å². The van der Waals surface area contributed by atoms with Crippen LogP contribution in [0, 0.1) is 5.82 Å². The smallest absolute Gasteiger partial charge is 0.323 e. The molecule has 1 aromatic rings. The number of rotatable bonds is 7. The Kier molecular flexibility index (Phi) is 6.15. The van der Waals surface area contributed by atoms with E-state index in [0.717, 1.165) is 5.56 Å². The van der Waals surface area contributed by atoms with E-state index in [1.165, 1.54) is 17.0 Å². The largest absolute Gasteiger partial charge is 0.480 e. The molecule has 0 aliphatic rings. The van der Waals surface area contributed by atoms with Crippen LogP contribution in [0.4, 0.5) is 4.39 Å². The molecule has 110 valence electrons. The van der Waals surface area contributed by atoms with Crippen LogP contribution in [0.5, 0.6) is 0 Å². The molecule has 0 radical (unpaired) electrons. The average molecular weight is 281 g/mol. The number of carbonyl (C=O) groups excluding carboxylic acids is 1. The normalized spacial score (nSPS) is 11.9. The van der Waals surface area contributed by atoms with Crippen LogP contribution in [0.25, 0.3) is 0 Å². The molecule has 1 aromatic carbocycles. The van der Waals surface area contributed by atoms with Crippen molar-refractivity contribution in [3.63, 3.8) is 0 Å². The van der Waals surface area contributed by atoms with Crippen molar-refractivity contribution in [1.82, 2.24) is 4.90 Å². The Bertz CT molecular complexity index is 459. The molecular weight excluding hydrogens is 261 g/mol. The summed E-state index contributed by atoms with van der Waals surface area (Å²) in [5, 5.41) is 8.86. The van der Waals surface area contributed by atoms with Gasteiger partial charge in [0.15, 0.2) is 0 Å². The lowest BCUT2D eigenvalue weighted by Gasteiger charge is -2.27. The van der Waals surface area contributed by atoms with E-state index in [2.05, 4.69) is 0 Å². The van der Waals surface area contributed by atoms with Crippen molar-refractivity contribution in [2.24, 2.45) is 0 Å². The van der Waals surface area contributed by atoms with Gasteiger partial charge in [-0.1, -0.05) is 19.1 Å². The molecule has 0 aliphatic heterocycles. The number of hydrogen-bond acceptors (Lipinski definition) is 2. The van der Waals surface area contributed by atoms with Crippen LogP contribution in [-0.4, -0.2) is 34.5 Å². The maximum Gasteiger partial charge on any atom is 0.323 e. The number of halogens is 1. The van der Waals surface area contributed by atoms with E-state index in [0.29, 0.717) is 12.8 Å². The van der Waals surface area contributed by atoms with Crippen molar-refractivity contribution in [2.45, 2.75) is 39.2 Å². The molecule has 1 unspecified atom stereocenters. The summed E-state index contributed by atoms with van der Waals surface area (Å²) in [5.74, 6) is -1.52. The van der Waals surface area contributed by atoms with Gasteiger partial charge >= 0.3 is 5.97 Å². The van der Waals surface area contributed by atoms with Gasteiger partial charge in [0.25, 0.3) is 0 Å². The highest BCUT2D eigenvalue weighted by Gasteiger charge is 2.21. The zero-order chi connectivity index (χ0) is 15.1. The van der Waals surface area contributed by atoms with Crippen LogP contribution in [0.2, 0.25) is 0 Å². The van der Waals surface area contributed by atoms with E-state index in [1.54, 1.807) is 12.1 Å². The molecule has 0 aromatic heterocycles. The van der Waals surface area contributed by atoms with Crippen molar-refractivity contribution in [1.29, 1.82) is 0 Å². The highest BCUT2D eigenvalue weighted by Crippen LogP contribution is 2.10. The molecule has 4 nitrogen and oxygen atoms in total. The Labute approximate surface area is 118 Å². The number of carboxylic acids is 1. The average Bonchev–Trinajstić information content (AvgIpc) is 2.42. The summed E-state index contributed by atoms with van der Waals surface area (Å²) in [6.45, 7) is 3.46. The molecule has 5 heteroatoms. The maximum atomic E-state index is 12.8. The van der Waals surface area contributed by atoms with Gasteiger partial charge in [-0.05, 0) is 37.5 Å². The van der Waals surface area contributed by atoms with Crippen molar-refractivity contribution >= 4 is 11.9 Å². The Morgan fingerprint density at radius 2 is 1.90 bits per heavy atom. The molecule has 20 heavy (non-hydrogen) atoms. The number of benzene rings is 1. The topological polar surface area (TPSA) is 57.6 Å². The SMILES string of the molecule is CCC(C)N(CC(=O)O)C(=O)CCc1ccc(F)cc1. The third kappa shape index (κ3) is 4.99. The van der Waals surface area contributed by atoms with Crippen LogP contribution in [-0.2, 0) is 16.0 Å². The van der Waals surface area contributed by atoms with E-state index in [1.807, 2.05) is 13.8 Å². The first-order valence-electron chi connectivity index (χ1n) is 6.69. The minimum Gasteiger partial charge on any atom is -0.480 e. The Morgan fingerprint density at radius 1 is 1.30 bits per heavy atom. The van der Waals surface area contributed by atoms with Crippen LogP contribution < -0.4 is 0 Å². The second kappa shape index (κ2) is 7.62. The lowest BCUT2D eigenvalue weighted by atomic mass is 10.1. The molecule has 0 saturated carbocycles. The number of aliphatic carboxylic acids is 1. The summed E-state index contributed by atoms with van der Waals surface area (Å²) < 4.78 is 12.8. The minimum absolute atomic E-state index is 0.105. The monoisotopic (exact) mass is 281 g/mol. The number of carboxylic acid groups (broad SMARTS) is 1. The van der Waals surface area contributed by atoms with Gasteiger partial charge in [-0.15, -0.1) is 0 Å². The van der Waals surface area contributed by atoms with Gasteiger partial charge < -0.3 is 10.0 Å². The fourth-order valence-electron chi connectivity index (χ4n) is 1.90. The van der Waals surface area contributed by atoms with Crippen molar-refractivity contribution < 1.29 is 19.1 Å². The second-order valence-electron chi connectivity index (χ2n) is 4.80. The third-order valence-corrected chi connectivity index (χ3v) is 3.29. The van der Waals surface area contributed by atoms with Gasteiger partial charge in [-0.3, -0.25) is 9.59 Å². The predicted octanol–water partition coefficient (Wildman–Crippen LogP) is 2.47. The molecule has 0 spiro atoms. The lowest BCUT2D eigenvalue weighted by Crippen LogP contribution is -2.41. The number of carbonyl (C=O) groups is 2. The molecule has 1 amide bonds. The molecule has 0 saturated heterocycles. The first-order chi connectivity index (χ1) is 9.43. The summed E-state index contributed by atoms with van der Waals surface area (Å²) in [5.41, 5.74) is 0.860. The standard InChI is InChI=1S/C15H20FNO3/c1-3-11(2)17(10-15(19)20)14(18)9-6-12-4-7-13(16)8-5-12/h4-5,7-8,11H,3,6,9-10H2,1-2H3,(H,19,20). The first kappa shape index (κ1) is 16.1. The zero-order valence-electron chi connectivity index (χ0n) is 11.8. The molecule has 1 rings (SSSR count). The fraction of sp³-hybridized carbons (Fsp3) is 0.467. The Balaban J connectivity index is 2.61. The van der Waals surface area contributed by atoms with E-state index < -0.39 is 5.97 Å². The summed E-state index contributed by atoms with van der Waals surface area (Å²) in [6.07, 6.45) is 1.41. The number of hydrogen-bond donors (Lipinski definition) is 1. The van der Waals surface area contributed by atoms with Gasteiger partial charge in [-0.25, -0.2) is 4.39 Å². The highest BCUT2D eigenvalue weighted by atomic mass is 19.1.